The number of carbonyl (C=O) groups excluding carboxylic acids is 1. The van der Waals surface area contributed by atoms with Crippen molar-refractivity contribution in [2.24, 2.45) is 5.41 Å². The molecule has 25 heavy (non-hydrogen) atoms. The first kappa shape index (κ1) is 17.3. The molecule has 132 valence electrons. The number of hydrogen-bond donors (Lipinski definition) is 0. The van der Waals surface area contributed by atoms with Crippen molar-refractivity contribution in [2.75, 3.05) is 31.1 Å². The second kappa shape index (κ2) is 7.18. The van der Waals surface area contributed by atoms with Gasteiger partial charge < -0.3 is 14.5 Å². The second-order valence-electron chi connectivity index (χ2n) is 7.41. The van der Waals surface area contributed by atoms with Crippen LogP contribution in [0.3, 0.4) is 0 Å². The lowest BCUT2D eigenvalue weighted by atomic mass is 9.94. The predicted molar refractivity (Wildman–Crippen MR) is 101 cm³/mol. The lowest BCUT2D eigenvalue weighted by Crippen LogP contribution is -2.51. The summed E-state index contributed by atoms with van der Waals surface area (Å²) in [5.41, 5.74) is 0.755. The molecule has 4 heteroatoms. The molecule has 0 unspecified atom stereocenters. The van der Waals surface area contributed by atoms with Crippen LogP contribution in [-0.4, -0.2) is 37.0 Å². The number of para-hydroxylation sites is 3. The minimum atomic E-state index is -0.323. The molecule has 1 fully saturated rings. The summed E-state index contributed by atoms with van der Waals surface area (Å²) >= 11 is 0. The van der Waals surface area contributed by atoms with E-state index >= 15 is 0 Å². The molecule has 2 aromatic rings. The van der Waals surface area contributed by atoms with E-state index in [2.05, 4.69) is 11.0 Å². The maximum Gasteiger partial charge on any atom is 0.228 e. The summed E-state index contributed by atoms with van der Waals surface area (Å²) in [4.78, 5) is 16.7. The summed E-state index contributed by atoms with van der Waals surface area (Å²) in [7, 11) is 0. The molecule has 0 bridgehead atoms. The van der Waals surface area contributed by atoms with Crippen LogP contribution < -0.4 is 9.64 Å². The summed E-state index contributed by atoms with van der Waals surface area (Å²) in [6.45, 7) is 9.06. The molecule has 0 aliphatic carbocycles. The highest BCUT2D eigenvalue weighted by Gasteiger charge is 2.30. The van der Waals surface area contributed by atoms with E-state index in [1.807, 2.05) is 74.2 Å². The van der Waals surface area contributed by atoms with Gasteiger partial charge in [-0.3, -0.25) is 4.79 Å². The normalized spacial score (nSPS) is 15.2. The Hall–Kier alpha value is -2.49. The van der Waals surface area contributed by atoms with E-state index in [4.69, 9.17) is 4.74 Å². The topological polar surface area (TPSA) is 32.8 Å². The molecule has 0 spiro atoms. The van der Waals surface area contributed by atoms with Crippen LogP contribution in [-0.2, 0) is 4.79 Å². The molecule has 0 aromatic heterocycles. The van der Waals surface area contributed by atoms with Crippen LogP contribution in [0, 0.1) is 5.41 Å². The molecule has 1 saturated heterocycles. The van der Waals surface area contributed by atoms with Crippen molar-refractivity contribution in [2.45, 2.75) is 20.8 Å². The molecule has 1 aliphatic heterocycles. The maximum atomic E-state index is 12.5. The Bertz CT molecular complexity index is 714. The zero-order valence-electron chi connectivity index (χ0n) is 15.2. The Labute approximate surface area is 150 Å². The van der Waals surface area contributed by atoms with Gasteiger partial charge in [-0.05, 0) is 24.3 Å². The van der Waals surface area contributed by atoms with Gasteiger partial charge in [0.1, 0.15) is 5.75 Å². The Balaban J connectivity index is 1.71. The van der Waals surface area contributed by atoms with Gasteiger partial charge >= 0.3 is 0 Å². The fourth-order valence-corrected chi connectivity index (χ4v) is 3.05. The van der Waals surface area contributed by atoms with Crippen LogP contribution in [0.5, 0.6) is 11.5 Å². The molecule has 1 heterocycles. The number of benzene rings is 2. The molecule has 0 saturated carbocycles. The summed E-state index contributed by atoms with van der Waals surface area (Å²) in [5.74, 6) is 1.90. The number of ether oxygens (including phenoxy) is 1. The van der Waals surface area contributed by atoms with Crippen molar-refractivity contribution < 1.29 is 9.53 Å². The van der Waals surface area contributed by atoms with Crippen molar-refractivity contribution >= 4 is 11.6 Å². The van der Waals surface area contributed by atoms with E-state index in [1.54, 1.807) is 0 Å². The minimum Gasteiger partial charge on any atom is -0.455 e. The smallest absolute Gasteiger partial charge is 0.228 e. The highest BCUT2D eigenvalue weighted by atomic mass is 16.5. The Morgan fingerprint density at radius 1 is 0.880 bits per heavy atom. The summed E-state index contributed by atoms with van der Waals surface area (Å²) in [6.07, 6.45) is 0. The van der Waals surface area contributed by atoms with E-state index in [0.717, 1.165) is 43.4 Å². The first-order valence-corrected chi connectivity index (χ1v) is 8.81. The van der Waals surface area contributed by atoms with Crippen LogP contribution in [0.1, 0.15) is 20.8 Å². The van der Waals surface area contributed by atoms with Gasteiger partial charge in [-0.15, -0.1) is 0 Å². The molecule has 1 aliphatic rings. The monoisotopic (exact) mass is 338 g/mol. The molecule has 1 amide bonds. The molecule has 0 atom stereocenters. The molecule has 2 aromatic carbocycles. The third-order valence-electron chi connectivity index (χ3n) is 4.39. The number of nitrogens with zero attached hydrogens (tertiary/aromatic N) is 2. The average molecular weight is 338 g/mol. The van der Waals surface area contributed by atoms with Gasteiger partial charge in [-0.1, -0.05) is 51.1 Å². The highest BCUT2D eigenvalue weighted by molar-refractivity contribution is 5.81. The summed E-state index contributed by atoms with van der Waals surface area (Å²) < 4.78 is 6.07. The number of amides is 1. The number of anilines is 1. The number of rotatable bonds is 3. The van der Waals surface area contributed by atoms with Crippen molar-refractivity contribution in [1.82, 2.24) is 4.90 Å². The summed E-state index contributed by atoms with van der Waals surface area (Å²) in [6, 6.07) is 17.9. The van der Waals surface area contributed by atoms with E-state index in [-0.39, 0.29) is 11.3 Å². The lowest BCUT2D eigenvalue weighted by molar-refractivity contribution is -0.139. The van der Waals surface area contributed by atoms with Gasteiger partial charge in [0.25, 0.3) is 0 Å². The van der Waals surface area contributed by atoms with Gasteiger partial charge in [0.15, 0.2) is 5.75 Å². The predicted octanol–water partition coefficient (Wildman–Crippen LogP) is 4.17. The number of hydrogen-bond acceptors (Lipinski definition) is 3. The Kier molecular flexibility index (Phi) is 4.98. The van der Waals surface area contributed by atoms with Gasteiger partial charge in [0.2, 0.25) is 5.91 Å². The van der Waals surface area contributed by atoms with E-state index in [1.165, 1.54) is 0 Å². The van der Waals surface area contributed by atoms with Crippen LogP contribution in [0.25, 0.3) is 0 Å². The number of piperazine rings is 1. The van der Waals surface area contributed by atoms with E-state index in [0.29, 0.717) is 0 Å². The van der Waals surface area contributed by atoms with Gasteiger partial charge in [-0.2, -0.15) is 0 Å². The molecule has 0 N–H and O–H groups in total. The van der Waals surface area contributed by atoms with E-state index in [9.17, 15) is 4.79 Å². The Morgan fingerprint density at radius 2 is 1.48 bits per heavy atom. The third kappa shape index (κ3) is 4.13. The number of carbonyl (C=O) groups is 1. The van der Waals surface area contributed by atoms with E-state index < -0.39 is 0 Å². The molecule has 3 rings (SSSR count). The standard InChI is InChI=1S/C21H26N2O2/c1-21(2,3)20(24)23-15-13-22(14-16-23)18-11-7-8-12-19(18)25-17-9-5-4-6-10-17/h4-12H,13-16H2,1-3H3. The first-order chi connectivity index (χ1) is 11.9. The van der Waals surface area contributed by atoms with Crippen molar-refractivity contribution in [1.29, 1.82) is 0 Å². The van der Waals surface area contributed by atoms with Crippen molar-refractivity contribution in [3.63, 3.8) is 0 Å². The zero-order valence-corrected chi connectivity index (χ0v) is 15.2. The zero-order chi connectivity index (χ0) is 17.9. The van der Waals surface area contributed by atoms with Gasteiger partial charge in [-0.25, -0.2) is 0 Å². The van der Waals surface area contributed by atoms with Crippen LogP contribution in [0.2, 0.25) is 0 Å². The van der Waals surface area contributed by atoms with Gasteiger partial charge in [0.05, 0.1) is 5.69 Å². The molecule has 0 radical (unpaired) electrons. The fraction of sp³-hybridized carbons (Fsp3) is 0.381. The van der Waals surface area contributed by atoms with Crippen LogP contribution >= 0.6 is 0 Å². The first-order valence-electron chi connectivity index (χ1n) is 8.81. The minimum absolute atomic E-state index is 0.223. The quantitative estimate of drug-likeness (QED) is 0.842. The second-order valence-corrected chi connectivity index (χ2v) is 7.41. The summed E-state index contributed by atoms with van der Waals surface area (Å²) in [5, 5.41) is 0. The van der Waals surface area contributed by atoms with Crippen LogP contribution in [0.4, 0.5) is 5.69 Å². The maximum absolute atomic E-state index is 12.5. The average Bonchev–Trinajstić information content (AvgIpc) is 2.62. The SMILES string of the molecule is CC(C)(C)C(=O)N1CCN(c2ccccc2Oc2ccccc2)CC1. The van der Waals surface area contributed by atoms with Crippen molar-refractivity contribution in [3.8, 4) is 11.5 Å². The molecule has 4 nitrogen and oxygen atoms in total. The van der Waals surface area contributed by atoms with Crippen LogP contribution in [0.15, 0.2) is 54.6 Å². The Morgan fingerprint density at radius 3 is 2.12 bits per heavy atom. The largest absolute Gasteiger partial charge is 0.455 e. The lowest BCUT2D eigenvalue weighted by Gasteiger charge is -2.39. The highest BCUT2D eigenvalue weighted by Crippen LogP contribution is 2.33. The van der Waals surface area contributed by atoms with Gasteiger partial charge in [0, 0.05) is 31.6 Å². The molecular weight excluding hydrogens is 312 g/mol. The third-order valence-corrected chi connectivity index (χ3v) is 4.39. The van der Waals surface area contributed by atoms with Crippen molar-refractivity contribution in [3.05, 3.63) is 54.6 Å². The fourth-order valence-electron chi connectivity index (χ4n) is 3.05. The molecular formula is C21H26N2O2.